The molecule has 0 radical (unpaired) electrons. The van der Waals surface area contributed by atoms with E-state index in [2.05, 4.69) is 16.9 Å². The van der Waals surface area contributed by atoms with Gasteiger partial charge >= 0.3 is 5.69 Å². The number of carbonyl (C=O) groups excluding carboxylic acids is 1. The average Bonchev–Trinajstić information content (AvgIpc) is 2.21. The second-order valence-corrected chi connectivity index (χ2v) is 3.05. The highest BCUT2D eigenvalue weighted by molar-refractivity contribution is 6.32. The third-order valence-electron chi connectivity index (χ3n) is 1.69. The molecule has 0 aliphatic heterocycles. The Kier molecular flexibility index (Phi) is 3.11. The summed E-state index contributed by atoms with van der Waals surface area (Å²) in [7, 11) is 1.26. The highest BCUT2D eigenvalue weighted by Gasteiger charge is 2.11. The van der Waals surface area contributed by atoms with Crippen molar-refractivity contribution in [2.45, 2.75) is 0 Å². The fourth-order valence-corrected chi connectivity index (χ4v) is 1.09. The van der Waals surface area contributed by atoms with Gasteiger partial charge in [0.15, 0.2) is 0 Å². The standard InChI is InChI=1S/C8H8ClN3O3/c1-3-4(13)10-5-6(9)11-8(15)12(2)7(5)14/h3H,1H2,2H3,(H,10,13)(H,11,15). The SMILES string of the molecule is C=CC(=O)Nc1c(Cl)[nH]c(=O)n(C)c1=O. The van der Waals surface area contributed by atoms with Gasteiger partial charge in [-0.2, -0.15) is 0 Å². The molecule has 0 spiro atoms. The van der Waals surface area contributed by atoms with Crippen molar-refractivity contribution in [1.29, 1.82) is 0 Å². The Bertz CT molecular complexity index is 529. The van der Waals surface area contributed by atoms with E-state index in [4.69, 9.17) is 11.6 Å². The lowest BCUT2D eigenvalue weighted by Gasteiger charge is -2.05. The molecule has 0 aromatic carbocycles. The van der Waals surface area contributed by atoms with Gasteiger partial charge in [0.1, 0.15) is 10.8 Å². The second kappa shape index (κ2) is 4.14. The van der Waals surface area contributed by atoms with Crippen LogP contribution in [0.3, 0.4) is 0 Å². The first kappa shape index (κ1) is 11.3. The monoisotopic (exact) mass is 229 g/mol. The van der Waals surface area contributed by atoms with E-state index in [1.165, 1.54) is 7.05 Å². The van der Waals surface area contributed by atoms with Crippen molar-refractivity contribution >= 4 is 23.2 Å². The summed E-state index contributed by atoms with van der Waals surface area (Å²) in [5.74, 6) is -0.582. The molecule has 6 nitrogen and oxygen atoms in total. The maximum Gasteiger partial charge on any atom is 0.329 e. The zero-order valence-electron chi connectivity index (χ0n) is 7.83. The number of aromatic nitrogens is 2. The van der Waals surface area contributed by atoms with Gasteiger partial charge in [-0.1, -0.05) is 18.2 Å². The van der Waals surface area contributed by atoms with E-state index in [9.17, 15) is 14.4 Å². The molecule has 0 bridgehead atoms. The minimum Gasteiger partial charge on any atom is -0.315 e. The molecular formula is C8H8ClN3O3. The van der Waals surface area contributed by atoms with E-state index in [1.54, 1.807) is 0 Å². The molecule has 0 fully saturated rings. The lowest BCUT2D eigenvalue weighted by Crippen LogP contribution is -2.35. The van der Waals surface area contributed by atoms with Crippen LogP contribution in [0.15, 0.2) is 22.2 Å². The molecule has 1 aromatic rings. The first-order chi connectivity index (χ1) is 6.97. The van der Waals surface area contributed by atoms with Gasteiger partial charge in [0.05, 0.1) is 0 Å². The Labute approximate surface area is 89.2 Å². The van der Waals surface area contributed by atoms with Crippen LogP contribution >= 0.6 is 11.6 Å². The Balaban J connectivity index is 3.37. The topological polar surface area (TPSA) is 84.0 Å². The van der Waals surface area contributed by atoms with Crippen molar-refractivity contribution in [1.82, 2.24) is 9.55 Å². The molecule has 1 aromatic heterocycles. The summed E-state index contributed by atoms with van der Waals surface area (Å²) < 4.78 is 0.796. The second-order valence-electron chi connectivity index (χ2n) is 2.68. The van der Waals surface area contributed by atoms with Gasteiger partial charge in [0.2, 0.25) is 5.91 Å². The quantitative estimate of drug-likeness (QED) is 0.547. The Morgan fingerprint density at radius 3 is 2.73 bits per heavy atom. The van der Waals surface area contributed by atoms with E-state index < -0.39 is 17.2 Å². The van der Waals surface area contributed by atoms with E-state index in [1.807, 2.05) is 0 Å². The number of hydrogen-bond acceptors (Lipinski definition) is 3. The lowest BCUT2D eigenvalue weighted by atomic mass is 10.4. The lowest BCUT2D eigenvalue weighted by molar-refractivity contribution is -0.111. The number of carbonyl (C=O) groups is 1. The van der Waals surface area contributed by atoms with Crippen LogP contribution in [0, 0.1) is 0 Å². The molecular weight excluding hydrogens is 222 g/mol. The van der Waals surface area contributed by atoms with E-state index in [-0.39, 0.29) is 10.8 Å². The van der Waals surface area contributed by atoms with Gasteiger partial charge in [-0.15, -0.1) is 0 Å². The number of nitrogens with one attached hydrogen (secondary N) is 2. The van der Waals surface area contributed by atoms with Gasteiger partial charge in [-0.3, -0.25) is 19.1 Å². The zero-order valence-corrected chi connectivity index (χ0v) is 8.59. The Morgan fingerprint density at radius 1 is 1.60 bits per heavy atom. The number of H-pyrrole nitrogens is 1. The predicted octanol–water partition coefficient (Wildman–Crippen LogP) is -0.149. The summed E-state index contributed by atoms with van der Waals surface area (Å²) in [5, 5.41) is 1.99. The van der Waals surface area contributed by atoms with Crippen molar-refractivity contribution in [2.75, 3.05) is 5.32 Å². The number of aromatic amines is 1. The average molecular weight is 230 g/mol. The molecule has 1 amide bonds. The van der Waals surface area contributed by atoms with Crippen molar-refractivity contribution in [3.63, 3.8) is 0 Å². The number of halogens is 1. The van der Waals surface area contributed by atoms with E-state index in [0.29, 0.717) is 0 Å². The van der Waals surface area contributed by atoms with Crippen LogP contribution in [-0.4, -0.2) is 15.5 Å². The number of amides is 1. The van der Waals surface area contributed by atoms with Crippen molar-refractivity contribution in [3.05, 3.63) is 38.6 Å². The number of hydrogen-bond donors (Lipinski definition) is 2. The van der Waals surface area contributed by atoms with Crippen LogP contribution < -0.4 is 16.6 Å². The largest absolute Gasteiger partial charge is 0.329 e. The van der Waals surface area contributed by atoms with Gasteiger partial charge in [-0.25, -0.2) is 4.79 Å². The molecule has 7 heteroatoms. The molecule has 0 aliphatic rings. The first-order valence-corrected chi connectivity index (χ1v) is 4.27. The predicted molar refractivity (Wildman–Crippen MR) is 56.1 cm³/mol. The van der Waals surface area contributed by atoms with Crippen LogP contribution in [-0.2, 0) is 11.8 Å². The fraction of sp³-hybridized carbons (Fsp3) is 0.125. The number of rotatable bonds is 2. The zero-order chi connectivity index (χ0) is 11.6. The molecule has 1 rings (SSSR count). The Hall–Kier alpha value is -1.82. The van der Waals surface area contributed by atoms with Gasteiger partial charge in [-0.05, 0) is 6.08 Å². The first-order valence-electron chi connectivity index (χ1n) is 3.89. The summed E-state index contributed by atoms with van der Waals surface area (Å²) in [6.07, 6.45) is 0.987. The molecule has 80 valence electrons. The van der Waals surface area contributed by atoms with E-state index >= 15 is 0 Å². The van der Waals surface area contributed by atoms with E-state index in [0.717, 1.165) is 10.6 Å². The highest BCUT2D eigenvalue weighted by atomic mass is 35.5. The van der Waals surface area contributed by atoms with Gasteiger partial charge in [0, 0.05) is 7.05 Å². The van der Waals surface area contributed by atoms with Gasteiger partial charge < -0.3 is 5.32 Å². The van der Waals surface area contributed by atoms with Crippen LogP contribution in [0.2, 0.25) is 5.15 Å². The molecule has 15 heavy (non-hydrogen) atoms. The summed E-state index contributed by atoms with van der Waals surface area (Å²) in [6, 6.07) is 0. The minimum atomic E-state index is -0.682. The summed E-state index contributed by atoms with van der Waals surface area (Å²) >= 11 is 5.59. The molecule has 1 heterocycles. The molecule has 0 atom stereocenters. The molecule has 0 saturated heterocycles. The molecule has 2 N–H and O–H groups in total. The van der Waals surface area contributed by atoms with Gasteiger partial charge in [0.25, 0.3) is 5.56 Å². The third kappa shape index (κ3) is 2.16. The number of anilines is 1. The van der Waals surface area contributed by atoms with Crippen LogP contribution in [0.4, 0.5) is 5.69 Å². The smallest absolute Gasteiger partial charge is 0.315 e. The third-order valence-corrected chi connectivity index (χ3v) is 1.98. The van der Waals surface area contributed by atoms with Crippen molar-refractivity contribution in [3.8, 4) is 0 Å². The molecule has 0 unspecified atom stereocenters. The molecule has 0 saturated carbocycles. The summed E-state index contributed by atoms with van der Waals surface area (Å²) in [6.45, 7) is 3.22. The maximum absolute atomic E-state index is 11.5. The maximum atomic E-state index is 11.5. The van der Waals surface area contributed by atoms with Crippen molar-refractivity contribution in [2.24, 2.45) is 7.05 Å². The Morgan fingerprint density at radius 2 is 2.20 bits per heavy atom. The van der Waals surface area contributed by atoms with Crippen LogP contribution in [0.25, 0.3) is 0 Å². The summed E-state index contributed by atoms with van der Waals surface area (Å²) in [4.78, 5) is 35.7. The number of nitrogens with zero attached hydrogens (tertiary/aromatic N) is 1. The van der Waals surface area contributed by atoms with Crippen LogP contribution in [0.5, 0.6) is 0 Å². The van der Waals surface area contributed by atoms with Crippen molar-refractivity contribution < 1.29 is 4.79 Å². The normalized spacial score (nSPS) is 9.73. The highest BCUT2D eigenvalue weighted by Crippen LogP contribution is 2.10. The van der Waals surface area contributed by atoms with Crippen LogP contribution in [0.1, 0.15) is 0 Å². The molecule has 0 aliphatic carbocycles. The summed E-state index contributed by atoms with van der Waals surface area (Å²) in [5.41, 5.74) is -1.51. The fourth-order valence-electron chi connectivity index (χ4n) is 0.877. The minimum absolute atomic E-state index is 0.177.